The van der Waals surface area contributed by atoms with E-state index in [-0.39, 0.29) is 36.5 Å². The Bertz CT molecular complexity index is 1730. The predicted octanol–water partition coefficient (Wildman–Crippen LogP) is 7.41. The standard InChI is InChI=1S/C46H61N3O5/c1-33(31-48-2)24-35(15-9-23-50)14-8-16-42(51)30-43(52)22-21-38-28-45(54-3)44(53)27-40(38)26-41-32-49-46(47)29-39(41)20-19-37-13-7-12-36(25-37)18-17-34-10-5-4-6-11-34/h4-7,10-13,21-22,25,27-29,32-33,35,46,48-50,53H,8-9,14-20,23-24,26,30-31,47H2,1-3H3. The second kappa shape index (κ2) is 22.7. The number of allylic oxidation sites excluding steroid dienone is 3. The summed E-state index contributed by atoms with van der Waals surface area (Å²) in [6, 6.07) is 22.7. The molecule has 6 N–H and O–H groups in total. The summed E-state index contributed by atoms with van der Waals surface area (Å²) in [5.41, 5.74) is 14.0. The van der Waals surface area contributed by atoms with Crippen molar-refractivity contribution in [2.45, 2.75) is 90.1 Å². The number of ketones is 2. The number of carbonyl (C=O) groups is 2. The fourth-order valence-electron chi connectivity index (χ4n) is 7.40. The van der Waals surface area contributed by atoms with Crippen molar-refractivity contribution in [3.8, 4) is 11.5 Å². The first-order chi connectivity index (χ1) is 26.2. The minimum atomic E-state index is -0.298. The molecule has 3 unspecified atom stereocenters. The molecule has 0 bridgehead atoms. The van der Waals surface area contributed by atoms with Crippen molar-refractivity contribution in [3.05, 3.63) is 124 Å². The van der Waals surface area contributed by atoms with E-state index in [2.05, 4.69) is 72.2 Å². The molecule has 290 valence electrons. The molecule has 0 aromatic heterocycles. The summed E-state index contributed by atoms with van der Waals surface area (Å²) in [7, 11) is 3.45. The number of hydrogen-bond donors (Lipinski definition) is 5. The molecule has 1 aliphatic heterocycles. The number of nitrogens with two attached hydrogens (primary N) is 1. The third-order valence-corrected chi connectivity index (χ3v) is 10.2. The lowest BCUT2D eigenvalue weighted by atomic mass is 9.87. The van der Waals surface area contributed by atoms with Crippen LogP contribution in [0.5, 0.6) is 11.5 Å². The number of Topliss-reactive ketones (excluding diaryl/α,β-unsaturated/α-hetero) is 1. The molecule has 0 saturated heterocycles. The Kier molecular flexibility index (Phi) is 17.7. The number of methoxy groups -OCH3 is 1. The Morgan fingerprint density at radius 1 is 0.944 bits per heavy atom. The van der Waals surface area contributed by atoms with Crippen LogP contribution >= 0.6 is 0 Å². The first-order valence-electron chi connectivity index (χ1n) is 19.6. The summed E-state index contributed by atoms with van der Waals surface area (Å²) in [4.78, 5) is 25.8. The fourth-order valence-corrected chi connectivity index (χ4v) is 7.40. The second-order valence-corrected chi connectivity index (χ2v) is 14.8. The van der Waals surface area contributed by atoms with Crippen LogP contribution in [0.3, 0.4) is 0 Å². The van der Waals surface area contributed by atoms with Gasteiger partial charge in [-0.05, 0) is 146 Å². The molecule has 1 heterocycles. The van der Waals surface area contributed by atoms with Crippen molar-refractivity contribution in [1.82, 2.24) is 10.6 Å². The SMILES string of the molecule is CNCC(C)CC(CCCO)CCCC(=O)CC(=O)C=Cc1cc(OC)c(O)cc1CC1=CNC(N)C=C1CCc1cccc(CCc2ccccc2)c1. The van der Waals surface area contributed by atoms with E-state index >= 15 is 0 Å². The highest BCUT2D eigenvalue weighted by atomic mass is 16.5. The van der Waals surface area contributed by atoms with Gasteiger partial charge in [-0.2, -0.15) is 0 Å². The zero-order chi connectivity index (χ0) is 38.7. The van der Waals surface area contributed by atoms with Crippen molar-refractivity contribution >= 4 is 17.6 Å². The summed E-state index contributed by atoms with van der Waals surface area (Å²) in [6.45, 7) is 3.34. The van der Waals surface area contributed by atoms with Crippen LogP contribution in [-0.2, 0) is 35.3 Å². The summed E-state index contributed by atoms with van der Waals surface area (Å²) in [5, 5.41) is 26.5. The molecule has 0 amide bonds. The van der Waals surface area contributed by atoms with Gasteiger partial charge in [-0.1, -0.05) is 74.0 Å². The Morgan fingerprint density at radius 3 is 2.37 bits per heavy atom. The molecule has 3 atom stereocenters. The number of hydrogen-bond acceptors (Lipinski definition) is 8. The quantitative estimate of drug-likeness (QED) is 0.0475. The van der Waals surface area contributed by atoms with Crippen LogP contribution in [0.4, 0.5) is 0 Å². The number of dihydropyridines is 1. The number of benzene rings is 3. The fraction of sp³-hybridized carbons (Fsp3) is 0.435. The highest BCUT2D eigenvalue weighted by molar-refractivity contribution is 6.06. The number of aryl methyl sites for hydroxylation is 3. The number of rotatable bonds is 24. The average molecular weight is 736 g/mol. The lowest BCUT2D eigenvalue weighted by molar-refractivity contribution is -0.124. The minimum Gasteiger partial charge on any atom is -0.504 e. The number of aliphatic hydroxyl groups excluding tert-OH is 1. The van der Waals surface area contributed by atoms with Crippen molar-refractivity contribution < 1.29 is 24.5 Å². The topological polar surface area (TPSA) is 134 Å². The number of aliphatic hydroxyl groups is 1. The van der Waals surface area contributed by atoms with Crippen LogP contribution in [0.15, 0.2) is 96.2 Å². The number of carbonyl (C=O) groups excluding carboxylic acids is 2. The van der Waals surface area contributed by atoms with Gasteiger partial charge in [-0.3, -0.25) is 9.59 Å². The molecular formula is C46H61N3O5. The molecule has 3 aromatic carbocycles. The molecule has 4 rings (SSSR count). The van der Waals surface area contributed by atoms with E-state index in [1.165, 1.54) is 29.9 Å². The van der Waals surface area contributed by atoms with Gasteiger partial charge in [0, 0.05) is 19.2 Å². The minimum absolute atomic E-state index is 0.0164. The Hall–Kier alpha value is -4.50. The molecule has 1 aliphatic rings. The van der Waals surface area contributed by atoms with Gasteiger partial charge in [0.15, 0.2) is 17.3 Å². The van der Waals surface area contributed by atoms with E-state index in [9.17, 15) is 19.8 Å². The van der Waals surface area contributed by atoms with Crippen LogP contribution in [0.1, 0.15) is 86.1 Å². The van der Waals surface area contributed by atoms with Crippen molar-refractivity contribution in [2.24, 2.45) is 17.6 Å². The van der Waals surface area contributed by atoms with Crippen LogP contribution < -0.4 is 21.1 Å². The van der Waals surface area contributed by atoms with E-state index in [4.69, 9.17) is 10.5 Å². The molecule has 54 heavy (non-hydrogen) atoms. The summed E-state index contributed by atoms with van der Waals surface area (Å²) in [5.74, 6) is 0.977. The van der Waals surface area contributed by atoms with Gasteiger partial charge in [0.1, 0.15) is 5.78 Å². The lowest BCUT2D eigenvalue weighted by Crippen LogP contribution is -2.35. The number of phenolic OH excluding ortho intramolecular Hbond substituents is 1. The van der Waals surface area contributed by atoms with E-state index in [1.54, 1.807) is 18.2 Å². The van der Waals surface area contributed by atoms with Gasteiger partial charge in [-0.25, -0.2) is 0 Å². The third-order valence-electron chi connectivity index (χ3n) is 10.2. The monoisotopic (exact) mass is 735 g/mol. The van der Waals surface area contributed by atoms with Crippen molar-refractivity contribution in [3.63, 3.8) is 0 Å². The normalized spacial score (nSPS) is 15.3. The van der Waals surface area contributed by atoms with Gasteiger partial charge in [0.05, 0.1) is 19.7 Å². The van der Waals surface area contributed by atoms with Crippen LogP contribution in [0.25, 0.3) is 6.08 Å². The van der Waals surface area contributed by atoms with E-state index in [1.807, 2.05) is 19.3 Å². The van der Waals surface area contributed by atoms with E-state index in [0.717, 1.165) is 86.6 Å². The van der Waals surface area contributed by atoms with Crippen LogP contribution in [0.2, 0.25) is 0 Å². The molecule has 8 nitrogen and oxygen atoms in total. The maximum Gasteiger partial charge on any atom is 0.163 e. The van der Waals surface area contributed by atoms with Crippen LogP contribution in [0, 0.1) is 11.8 Å². The van der Waals surface area contributed by atoms with Gasteiger partial charge < -0.3 is 31.3 Å². The first-order valence-corrected chi connectivity index (χ1v) is 19.6. The number of nitrogens with one attached hydrogen (secondary N) is 2. The zero-order valence-corrected chi connectivity index (χ0v) is 32.5. The summed E-state index contributed by atoms with van der Waals surface area (Å²) < 4.78 is 5.41. The van der Waals surface area contributed by atoms with E-state index < -0.39 is 0 Å². The van der Waals surface area contributed by atoms with E-state index in [0.29, 0.717) is 30.4 Å². The maximum atomic E-state index is 13.0. The summed E-state index contributed by atoms with van der Waals surface area (Å²) >= 11 is 0. The first kappa shape index (κ1) is 42.2. The molecule has 0 radical (unpaired) electrons. The Balaban J connectivity index is 1.37. The van der Waals surface area contributed by atoms with Gasteiger partial charge in [0.2, 0.25) is 0 Å². The molecular weight excluding hydrogens is 675 g/mol. The van der Waals surface area contributed by atoms with Gasteiger partial charge in [0.25, 0.3) is 0 Å². The lowest BCUT2D eigenvalue weighted by Gasteiger charge is -2.22. The van der Waals surface area contributed by atoms with Gasteiger partial charge in [-0.15, -0.1) is 0 Å². The van der Waals surface area contributed by atoms with Crippen molar-refractivity contribution in [2.75, 3.05) is 27.3 Å². The highest BCUT2D eigenvalue weighted by Gasteiger charge is 2.18. The summed E-state index contributed by atoms with van der Waals surface area (Å²) in [6.07, 6.45) is 15.6. The highest BCUT2D eigenvalue weighted by Crippen LogP contribution is 2.33. The maximum absolute atomic E-state index is 13.0. The van der Waals surface area contributed by atoms with Crippen LogP contribution in [-0.4, -0.2) is 55.3 Å². The molecule has 0 saturated carbocycles. The molecule has 8 heteroatoms. The molecule has 0 aliphatic carbocycles. The Labute approximate surface area is 322 Å². The number of ether oxygens (including phenoxy) is 1. The number of phenols is 1. The largest absolute Gasteiger partial charge is 0.504 e. The Morgan fingerprint density at radius 2 is 1.65 bits per heavy atom. The molecule has 3 aromatic rings. The smallest absolute Gasteiger partial charge is 0.163 e. The molecule has 0 spiro atoms. The zero-order valence-electron chi connectivity index (χ0n) is 32.5. The predicted molar refractivity (Wildman–Crippen MR) is 219 cm³/mol. The second-order valence-electron chi connectivity index (χ2n) is 14.8. The average Bonchev–Trinajstić information content (AvgIpc) is 3.16. The third kappa shape index (κ3) is 14.4. The number of aromatic hydroxyl groups is 1. The van der Waals surface area contributed by atoms with Crippen molar-refractivity contribution in [1.29, 1.82) is 0 Å². The molecule has 0 fully saturated rings. The van der Waals surface area contributed by atoms with Gasteiger partial charge >= 0.3 is 0 Å².